The molecule has 1 unspecified atom stereocenters. The van der Waals surface area contributed by atoms with Crippen molar-refractivity contribution in [2.75, 3.05) is 0 Å². The molecule has 1 aromatic carbocycles. The number of nitrogens with two attached hydrogens (primary N) is 1. The molecule has 0 aliphatic heterocycles. The lowest BCUT2D eigenvalue weighted by Gasteiger charge is -2.10. The van der Waals surface area contributed by atoms with Crippen LogP contribution in [0.3, 0.4) is 0 Å². The van der Waals surface area contributed by atoms with Crippen LogP contribution in [0.5, 0.6) is 0 Å². The van der Waals surface area contributed by atoms with Gasteiger partial charge in [-0.3, -0.25) is 9.48 Å². The van der Waals surface area contributed by atoms with Gasteiger partial charge in [-0.1, -0.05) is 6.07 Å². The van der Waals surface area contributed by atoms with Gasteiger partial charge in [0.1, 0.15) is 4.60 Å². The molecule has 0 spiro atoms. The van der Waals surface area contributed by atoms with E-state index in [1.807, 2.05) is 25.2 Å². The van der Waals surface area contributed by atoms with Crippen molar-refractivity contribution in [3.05, 3.63) is 28.4 Å². The quantitative estimate of drug-likeness (QED) is 0.907. The van der Waals surface area contributed by atoms with Crippen molar-refractivity contribution >= 4 is 32.8 Å². The first-order chi connectivity index (χ1) is 8.49. The summed E-state index contributed by atoms with van der Waals surface area (Å²) in [6.07, 6.45) is 0.506. The number of carboxylic acid groups (broad SMARTS) is 1. The van der Waals surface area contributed by atoms with Gasteiger partial charge in [-0.05, 0) is 40.0 Å². The Morgan fingerprint density at radius 1 is 1.61 bits per heavy atom. The molecule has 1 aromatic heterocycles. The molecule has 0 aliphatic rings. The Balaban J connectivity index is 2.29. The number of carbonyl (C=O) groups is 1. The zero-order valence-electron chi connectivity index (χ0n) is 9.93. The van der Waals surface area contributed by atoms with E-state index in [0.29, 0.717) is 6.42 Å². The second-order valence-corrected chi connectivity index (χ2v) is 4.98. The zero-order chi connectivity index (χ0) is 13.3. The van der Waals surface area contributed by atoms with Crippen LogP contribution in [0, 0.1) is 0 Å². The average molecular weight is 312 g/mol. The first-order valence-corrected chi connectivity index (χ1v) is 6.38. The molecule has 0 amide bonds. The molecule has 6 heteroatoms. The molecule has 18 heavy (non-hydrogen) atoms. The minimum atomic E-state index is -0.825. The van der Waals surface area contributed by atoms with Crippen LogP contribution < -0.4 is 5.73 Å². The minimum Gasteiger partial charge on any atom is -0.481 e. The van der Waals surface area contributed by atoms with Crippen LogP contribution in [0.15, 0.2) is 22.8 Å². The number of halogens is 1. The van der Waals surface area contributed by atoms with Gasteiger partial charge in [-0.25, -0.2) is 0 Å². The Labute approximate surface area is 113 Å². The highest BCUT2D eigenvalue weighted by Gasteiger charge is 2.12. The van der Waals surface area contributed by atoms with Crippen LogP contribution in [-0.4, -0.2) is 20.9 Å². The molecule has 0 radical (unpaired) electrons. The van der Waals surface area contributed by atoms with Crippen LogP contribution in [0.25, 0.3) is 10.9 Å². The minimum absolute atomic E-state index is 0.0768. The zero-order valence-corrected chi connectivity index (χ0v) is 11.5. The number of carboxylic acids is 1. The van der Waals surface area contributed by atoms with E-state index in [0.717, 1.165) is 21.1 Å². The number of aryl methyl sites for hydroxylation is 1. The summed E-state index contributed by atoms with van der Waals surface area (Å²) >= 11 is 3.40. The summed E-state index contributed by atoms with van der Waals surface area (Å²) in [5.41, 5.74) is 7.92. The molecule has 0 saturated carbocycles. The third kappa shape index (κ3) is 2.54. The highest BCUT2D eigenvalue weighted by molar-refractivity contribution is 9.10. The topological polar surface area (TPSA) is 81.1 Å². The molecule has 96 valence electrons. The van der Waals surface area contributed by atoms with Crippen molar-refractivity contribution in [1.29, 1.82) is 0 Å². The van der Waals surface area contributed by atoms with Crippen LogP contribution in [-0.2, 0) is 11.8 Å². The Hall–Kier alpha value is -1.40. The lowest BCUT2D eigenvalue weighted by molar-refractivity contribution is -0.137. The van der Waals surface area contributed by atoms with Gasteiger partial charge in [-0.2, -0.15) is 5.10 Å². The van der Waals surface area contributed by atoms with Gasteiger partial charge in [-0.15, -0.1) is 0 Å². The van der Waals surface area contributed by atoms with Crippen molar-refractivity contribution in [3.63, 3.8) is 0 Å². The van der Waals surface area contributed by atoms with Crippen LogP contribution in [0.4, 0.5) is 0 Å². The number of aromatic nitrogens is 2. The second kappa shape index (κ2) is 5.07. The van der Waals surface area contributed by atoms with Gasteiger partial charge in [0, 0.05) is 24.9 Å². The molecule has 1 heterocycles. The Morgan fingerprint density at radius 2 is 2.33 bits per heavy atom. The van der Waals surface area contributed by atoms with E-state index in [1.54, 1.807) is 4.68 Å². The molecule has 0 fully saturated rings. The van der Waals surface area contributed by atoms with Gasteiger partial charge in [0.15, 0.2) is 0 Å². The lowest BCUT2D eigenvalue weighted by Crippen LogP contribution is -2.12. The van der Waals surface area contributed by atoms with E-state index < -0.39 is 5.97 Å². The van der Waals surface area contributed by atoms with Gasteiger partial charge in [0.25, 0.3) is 0 Å². The third-order valence-corrected chi connectivity index (χ3v) is 3.51. The molecular formula is C12H14BrN3O2. The number of hydrogen-bond donors (Lipinski definition) is 2. The molecule has 1 atom stereocenters. The van der Waals surface area contributed by atoms with Gasteiger partial charge >= 0.3 is 5.97 Å². The summed E-state index contributed by atoms with van der Waals surface area (Å²) in [4.78, 5) is 10.5. The smallest absolute Gasteiger partial charge is 0.303 e. The number of hydrogen-bond acceptors (Lipinski definition) is 3. The molecule has 5 nitrogen and oxygen atoms in total. The van der Waals surface area contributed by atoms with Crippen molar-refractivity contribution in [1.82, 2.24) is 9.78 Å². The molecule has 2 rings (SSSR count). The highest BCUT2D eigenvalue weighted by Crippen LogP contribution is 2.26. The normalized spacial score (nSPS) is 12.8. The molecule has 0 aliphatic carbocycles. The Bertz CT molecular complexity index is 594. The molecule has 0 bridgehead atoms. The number of nitrogens with zero attached hydrogens (tertiary/aromatic N) is 2. The predicted octanol–water partition coefficient (Wildman–Crippen LogP) is 2.20. The standard InChI is InChI=1S/C12H14BrN3O2/c1-16-10-4-2-7(6-8(10)12(13)15-16)9(14)3-5-11(17)18/h2,4,6,9H,3,5,14H2,1H3,(H,17,18). The monoisotopic (exact) mass is 311 g/mol. The number of fused-ring (bicyclic) bond motifs is 1. The van der Waals surface area contributed by atoms with Crippen LogP contribution in [0.1, 0.15) is 24.4 Å². The summed E-state index contributed by atoms with van der Waals surface area (Å²) in [5, 5.41) is 13.9. The highest BCUT2D eigenvalue weighted by atomic mass is 79.9. The fourth-order valence-electron chi connectivity index (χ4n) is 1.92. The summed E-state index contributed by atoms with van der Waals surface area (Å²) < 4.78 is 2.55. The summed E-state index contributed by atoms with van der Waals surface area (Å²) in [7, 11) is 1.87. The number of aliphatic carboxylic acids is 1. The van der Waals surface area contributed by atoms with Crippen molar-refractivity contribution < 1.29 is 9.90 Å². The van der Waals surface area contributed by atoms with E-state index in [-0.39, 0.29) is 12.5 Å². The molecular weight excluding hydrogens is 298 g/mol. The van der Waals surface area contributed by atoms with E-state index in [4.69, 9.17) is 10.8 Å². The van der Waals surface area contributed by atoms with Crippen molar-refractivity contribution in [2.45, 2.75) is 18.9 Å². The molecule has 0 saturated heterocycles. The Morgan fingerprint density at radius 3 is 3.00 bits per heavy atom. The van der Waals surface area contributed by atoms with E-state index >= 15 is 0 Å². The SMILES string of the molecule is Cn1nc(Br)c2cc(C(N)CCC(=O)O)ccc21. The van der Waals surface area contributed by atoms with E-state index in [2.05, 4.69) is 21.0 Å². The fraction of sp³-hybridized carbons (Fsp3) is 0.333. The van der Waals surface area contributed by atoms with Crippen molar-refractivity contribution in [2.24, 2.45) is 12.8 Å². The molecule has 3 N–H and O–H groups in total. The second-order valence-electron chi connectivity index (χ2n) is 4.23. The summed E-state index contributed by atoms with van der Waals surface area (Å²) in [6, 6.07) is 5.56. The van der Waals surface area contributed by atoms with Crippen molar-refractivity contribution in [3.8, 4) is 0 Å². The van der Waals surface area contributed by atoms with Gasteiger partial charge < -0.3 is 10.8 Å². The first kappa shape index (κ1) is 13.0. The fourth-order valence-corrected chi connectivity index (χ4v) is 2.47. The van der Waals surface area contributed by atoms with Crippen LogP contribution >= 0.6 is 15.9 Å². The van der Waals surface area contributed by atoms with Crippen LogP contribution in [0.2, 0.25) is 0 Å². The lowest BCUT2D eigenvalue weighted by atomic mass is 10.0. The number of rotatable bonds is 4. The first-order valence-electron chi connectivity index (χ1n) is 5.58. The maximum Gasteiger partial charge on any atom is 0.303 e. The molecule has 2 aromatic rings. The van der Waals surface area contributed by atoms with Gasteiger partial charge in [0.05, 0.1) is 5.52 Å². The third-order valence-electron chi connectivity index (χ3n) is 2.93. The number of benzene rings is 1. The summed E-state index contributed by atoms with van der Waals surface area (Å²) in [5.74, 6) is -0.825. The van der Waals surface area contributed by atoms with E-state index in [9.17, 15) is 4.79 Å². The average Bonchev–Trinajstić information content (AvgIpc) is 2.61. The summed E-state index contributed by atoms with van der Waals surface area (Å²) in [6.45, 7) is 0. The predicted molar refractivity (Wildman–Crippen MR) is 72.2 cm³/mol. The van der Waals surface area contributed by atoms with E-state index in [1.165, 1.54) is 0 Å². The largest absolute Gasteiger partial charge is 0.481 e. The maximum absolute atomic E-state index is 10.5. The Kier molecular flexibility index (Phi) is 3.68. The maximum atomic E-state index is 10.5. The van der Waals surface area contributed by atoms with Gasteiger partial charge in [0.2, 0.25) is 0 Å².